The van der Waals surface area contributed by atoms with Crippen LogP contribution in [0.15, 0.2) is 12.1 Å². The third kappa shape index (κ3) is 2.07. The van der Waals surface area contributed by atoms with Gasteiger partial charge in [-0.1, -0.05) is 22.4 Å². The van der Waals surface area contributed by atoms with Crippen molar-refractivity contribution in [1.29, 1.82) is 0 Å². The molecule has 1 aliphatic rings. The van der Waals surface area contributed by atoms with Gasteiger partial charge in [0.15, 0.2) is 0 Å². The van der Waals surface area contributed by atoms with Gasteiger partial charge in [0.1, 0.15) is 11.6 Å². The first-order valence-corrected chi connectivity index (χ1v) is 6.11. The van der Waals surface area contributed by atoms with E-state index in [0.29, 0.717) is 17.0 Å². The van der Waals surface area contributed by atoms with E-state index in [1.54, 1.807) is 13.0 Å². The lowest BCUT2D eigenvalue weighted by atomic mass is 9.80. The fraction of sp³-hybridized carbons (Fsp3) is 0.500. The molecule has 15 heavy (non-hydrogen) atoms. The summed E-state index contributed by atoms with van der Waals surface area (Å²) in [5.41, 5.74) is 1.11. The maximum Gasteiger partial charge on any atom is 0.130 e. The van der Waals surface area contributed by atoms with E-state index >= 15 is 0 Å². The molecule has 1 aliphatic carbocycles. The molecule has 1 saturated carbocycles. The summed E-state index contributed by atoms with van der Waals surface area (Å²) in [6.07, 6.45) is 3.48. The highest BCUT2D eigenvalue weighted by atomic mass is 79.9. The van der Waals surface area contributed by atoms with Gasteiger partial charge in [-0.3, -0.25) is 0 Å². The second-order valence-electron chi connectivity index (χ2n) is 4.22. The first-order chi connectivity index (χ1) is 7.09. The van der Waals surface area contributed by atoms with Gasteiger partial charge in [0, 0.05) is 16.5 Å². The van der Waals surface area contributed by atoms with Gasteiger partial charge in [-0.2, -0.15) is 0 Å². The zero-order valence-corrected chi connectivity index (χ0v) is 10.2. The van der Waals surface area contributed by atoms with Crippen LogP contribution in [0.25, 0.3) is 0 Å². The highest BCUT2D eigenvalue weighted by Gasteiger charge is 2.28. The molecule has 0 spiro atoms. The second-order valence-corrected chi connectivity index (χ2v) is 5.20. The van der Waals surface area contributed by atoms with Gasteiger partial charge in [-0.15, -0.1) is 0 Å². The molecule has 0 radical (unpaired) electrons. The number of rotatable bonds is 2. The number of hydrogen-bond donors (Lipinski definition) is 0. The lowest BCUT2D eigenvalue weighted by molar-refractivity contribution is 0.308. The summed E-state index contributed by atoms with van der Waals surface area (Å²) in [7, 11) is 0. The Kier molecular flexibility index (Phi) is 3.10. The fourth-order valence-corrected chi connectivity index (χ4v) is 2.76. The van der Waals surface area contributed by atoms with Crippen LogP contribution in [-0.4, -0.2) is 0 Å². The Balaban J connectivity index is 2.30. The van der Waals surface area contributed by atoms with Crippen LogP contribution < -0.4 is 0 Å². The molecule has 2 rings (SSSR count). The Morgan fingerprint density at radius 2 is 1.93 bits per heavy atom. The van der Waals surface area contributed by atoms with Crippen molar-refractivity contribution in [3.63, 3.8) is 0 Å². The molecule has 82 valence electrons. The Bertz CT molecular complexity index is 372. The van der Waals surface area contributed by atoms with Crippen LogP contribution in [-0.2, 0) is 0 Å². The van der Waals surface area contributed by atoms with Crippen molar-refractivity contribution in [2.45, 2.75) is 31.0 Å². The molecule has 0 amide bonds. The van der Waals surface area contributed by atoms with Crippen molar-refractivity contribution >= 4 is 15.9 Å². The van der Waals surface area contributed by atoms with Crippen LogP contribution in [0, 0.1) is 24.5 Å². The van der Waals surface area contributed by atoms with Crippen molar-refractivity contribution < 1.29 is 8.78 Å². The lowest BCUT2D eigenvalue weighted by Gasteiger charge is -2.30. The average Bonchev–Trinajstić information content (AvgIpc) is 2.08. The van der Waals surface area contributed by atoms with Crippen molar-refractivity contribution in [3.8, 4) is 0 Å². The third-order valence-electron chi connectivity index (χ3n) is 3.14. The smallest absolute Gasteiger partial charge is 0.130 e. The Morgan fingerprint density at radius 1 is 1.27 bits per heavy atom. The largest absolute Gasteiger partial charge is 0.207 e. The van der Waals surface area contributed by atoms with E-state index in [1.807, 2.05) is 0 Å². The zero-order chi connectivity index (χ0) is 11.0. The zero-order valence-electron chi connectivity index (χ0n) is 8.56. The van der Waals surface area contributed by atoms with Gasteiger partial charge in [0.2, 0.25) is 0 Å². The van der Waals surface area contributed by atoms with Crippen LogP contribution in [0.4, 0.5) is 8.78 Å². The minimum absolute atomic E-state index is 0.0329. The minimum Gasteiger partial charge on any atom is -0.207 e. The molecule has 0 nitrogen and oxygen atoms in total. The Morgan fingerprint density at radius 3 is 2.47 bits per heavy atom. The second kappa shape index (κ2) is 4.20. The number of aryl methyl sites for hydroxylation is 1. The van der Waals surface area contributed by atoms with Crippen LogP contribution in [0.2, 0.25) is 0 Å². The molecule has 0 N–H and O–H groups in total. The Hall–Kier alpha value is -0.440. The van der Waals surface area contributed by atoms with E-state index in [1.165, 1.54) is 6.42 Å². The van der Waals surface area contributed by atoms with Gasteiger partial charge < -0.3 is 0 Å². The molecule has 0 bridgehead atoms. The number of alkyl halides is 1. The number of hydrogen-bond acceptors (Lipinski definition) is 0. The maximum absolute atomic E-state index is 13.5. The van der Waals surface area contributed by atoms with Gasteiger partial charge in [0.05, 0.1) is 0 Å². The molecule has 0 heterocycles. The van der Waals surface area contributed by atoms with Gasteiger partial charge in [0.25, 0.3) is 0 Å². The molecular weight excluding hydrogens is 262 g/mol. The summed E-state index contributed by atoms with van der Waals surface area (Å²) in [6.45, 7) is 1.67. The number of halogens is 3. The summed E-state index contributed by atoms with van der Waals surface area (Å²) in [4.78, 5) is 0.0329. The highest BCUT2D eigenvalue weighted by Crippen LogP contribution is 2.44. The minimum atomic E-state index is -0.468. The molecule has 1 aromatic carbocycles. The first-order valence-electron chi connectivity index (χ1n) is 5.19. The predicted octanol–water partition coefficient (Wildman–Crippen LogP) is 4.51. The summed E-state index contributed by atoms with van der Waals surface area (Å²) in [5.74, 6) is -0.402. The molecule has 1 unspecified atom stereocenters. The normalized spacial score (nSPS) is 18.7. The highest BCUT2D eigenvalue weighted by molar-refractivity contribution is 9.09. The van der Waals surface area contributed by atoms with E-state index in [4.69, 9.17) is 0 Å². The fourth-order valence-electron chi connectivity index (χ4n) is 1.88. The summed E-state index contributed by atoms with van der Waals surface area (Å²) in [6, 6.07) is 2.60. The lowest BCUT2D eigenvalue weighted by Crippen LogP contribution is -2.17. The van der Waals surface area contributed by atoms with E-state index < -0.39 is 11.6 Å². The predicted molar refractivity (Wildman–Crippen MR) is 60.1 cm³/mol. The number of benzene rings is 1. The van der Waals surface area contributed by atoms with Crippen LogP contribution in [0.1, 0.15) is 35.2 Å². The third-order valence-corrected chi connectivity index (χ3v) is 4.38. The van der Waals surface area contributed by atoms with Gasteiger partial charge >= 0.3 is 0 Å². The molecule has 0 aliphatic heterocycles. The Labute approximate surface area is 96.8 Å². The van der Waals surface area contributed by atoms with E-state index in [0.717, 1.165) is 18.9 Å². The van der Waals surface area contributed by atoms with Gasteiger partial charge in [-0.25, -0.2) is 8.78 Å². The van der Waals surface area contributed by atoms with Crippen LogP contribution >= 0.6 is 15.9 Å². The molecule has 1 fully saturated rings. The SMILES string of the molecule is Cc1cc(C(Br)C2CCC2)c(F)cc1F. The van der Waals surface area contributed by atoms with Crippen LogP contribution in [0.5, 0.6) is 0 Å². The summed E-state index contributed by atoms with van der Waals surface area (Å²) >= 11 is 3.51. The van der Waals surface area contributed by atoms with E-state index in [2.05, 4.69) is 15.9 Å². The quantitative estimate of drug-likeness (QED) is 0.697. The monoisotopic (exact) mass is 274 g/mol. The molecular formula is C12H13BrF2. The molecule has 0 saturated heterocycles. The maximum atomic E-state index is 13.5. The van der Waals surface area contributed by atoms with Crippen molar-refractivity contribution in [2.24, 2.45) is 5.92 Å². The van der Waals surface area contributed by atoms with Gasteiger partial charge in [-0.05, 0) is 37.3 Å². The van der Waals surface area contributed by atoms with Crippen molar-refractivity contribution in [2.75, 3.05) is 0 Å². The van der Waals surface area contributed by atoms with E-state index in [-0.39, 0.29) is 4.83 Å². The molecule has 0 aromatic heterocycles. The standard InChI is InChI=1S/C12H13BrF2/c1-7-5-9(11(15)6-10(7)14)12(13)8-3-2-4-8/h5-6,8,12H,2-4H2,1H3. The van der Waals surface area contributed by atoms with E-state index in [9.17, 15) is 8.78 Å². The molecule has 1 aromatic rings. The average molecular weight is 275 g/mol. The molecule has 3 heteroatoms. The van der Waals surface area contributed by atoms with Crippen LogP contribution in [0.3, 0.4) is 0 Å². The topological polar surface area (TPSA) is 0 Å². The van der Waals surface area contributed by atoms with Crippen molar-refractivity contribution in [3.05, 3.63) is 34.9 Å². The molecule has 1 atom stereocenters. The summed E-state index contributed by atoms with van der Waals surface area (Å²) in [5, 5.41) is 0. The summed E-state index contributed by atoms with van der Waals surface area (Å²) < 4.78 is 26.6. The first kappa shape index (κ1) is 11.1. The van der Waals surface area contributed by atoms with Crippen molar-refractivity contribution in [1.82, 2.24) is 0 Å².